The molecule has 0 amide bonds. The number of aliphatic carboxylic acids is 1. The normalized spacial score (nSPS) is 29.0. The minimum Gasteiger partial charge on any atom is -0.493 e. The molecule has 138 valence electrons. The second kappa shape index (κ2) is 7.05. The van der Waals surface area contributed by atoms with Crippen LogP contribution in [0.3, 0.4) is 0 Å². The molecule has 0 bridgehead atoms. The van der Waals surface area contributed by atoms with Crippen molar-refractivity contribution in [2.45, 2.75) is 44.1 Å². The molecule has 0 radical (unpaired) electrons. The molecule has 2 aromatic rings. The lowest BCUT2D eigenvalue weighted by Gasteiger charge is -2.34. The highest BCUT2D eigenvalue weighted by molar-refractivity contribution is 7.10. The summed E-state index contributed by atoms with van der Waals surface area (Å²) >= 11 is 1.71. The Hall–Kier alpha value is -1.85. The van der Waals surface area contributed by atoms with Gasteiger partial charge in [-0.05, 0) is 47.8 Å². The molecule has 1 aromatic heterocycles. The van der Waals surface area contributed by atoms with E-state index in [9.17, 15) is 15.0 Å². The average Bonchev–Trinajstić information content (AvgIpc) is 3.33. The lowest BCUT2D eigenvalue weighted by Crippen LogP contribution is -2.30. The third-order valence-corrected chi connectivity index (χ3v) is 7.16. The van der Waals surface area contributed by atoms with Crippen LogP contribution >= 0.6 is 11.3 Å². The first-order chi connectivity index (χ1) is 12.6. The molecule has 1 aromatic carbocycles. The highest BCUT2D eigenvalue weighted by Gasteiger charge is 2.37. The van der Waals surface area contributed by atoms with E-state index in [1.807, 2.05) is 24.3 Å². The molecule has 26 heavy (non-hydrogen) atoms. The monoisotopic (exact) mass is 372 g/mol. The number of thiophene rings is 1. The van der Waals surface area contributed by atoms with Crippen molar-refractivity contribution in [2.75, 3.05) is 6.61 Å². The fourth-order valence-electron chi connectivity index (χ4n) is 4.49. The van der Waals surface area contributed by atoms with Crippen LogP contribution < -0.4 is 4.74 Å². The van der Waals surface area contributed by atoms with Crippen molar-refractivity contribution in [2.24, 2.45) is 11.8 Å². The van der Waals surface area contributed by atoms with Gasteiger partial charge in [-0.15, -0.1) is 11.3 Å². The topological polar surface area (TPSA) is 66.8 Å². The highest BCUT2D eigenvalue weighted by Crippen LogP contribution is 2.46. The van der Waals surface area contributed by atoms with Crippen LogP contribution in [0.15, 0.2) is 35.7 Å². The summed E-state index contributed by atoms with van der Waals surface area (Å²) in [5.41, 5.74) is 1.84. The first-order valence-electron chi connectivity index (χ1n) is 9.27. The van der Waals surface area contributed by atoms with Crippen LogP contribution in [0.5, 0.6) is 5.75 Å². The SMILES string of the molecule is CC(c1cccs1)C1COc2cc(C3CCCC3C(=O)O)ccc2C1O. The van der Waals surface area contributed by atoms with E-state index in [4.69, 9.17) is 4.74 Å². The van der Waals surface area contributed by atoms with Gasteiger partial charge in [0.25, 0.3) is 0 Å². The number of carbonyl (C=O) groups is 1. The lowest BCUT2D eigenvalue weighted by molar-refractivity contribution is -0.142. The van der Waals surface area contributed by atoms with E-state index in [1.165, 1.54) is 4.88 Å². The molecule has 5 atom stereocenters. The molecule has 4 nitrogen and oxygen atoms in total. The Bertz CT molecular complexity index is 785. The quantitative estimate of drug-likeness (QED) is 0.825. The third-order valence-electron chi connectivity index (χ3n) is 6.09. The van der Waals surface area contributed by atoms with Gasteiger partial charge in [0.15, 0.2) is 0 Å². The second-order valence-corrected chi connectivity index (χ2v) is 8.48. The van der Waals surface area contributed by atoms with Crippen molar-refractivity contribution >= 4 is 17.3 Å². The first-order valence-corrected chi connectivity index (χ1v) is 10.1. The second-order valence-electron chi connectivity index (χ2n) is 7.50. The minimum atomic E-state index is -0.712. The fraction of sp³-hybridized carbons (Fsp3) is 0.476. The molecule has 1 aliphatic carbocycles. The molecule has 1 fully saturated rings. The molecule has 2 aliphatic rings. The summed E-state index contributed by atoms with van der Waals surface area (Å²) in [5.74, 6) is -0.0274. The Morgan fingerprint density at radius 1 is 1.31 bits per heavy atom. The van der Waals surface area contributed by atoms with Gasteiger partial charge >= 0.3 is 5.97 Å². The number of carboxylic acid groups (broad SMARTS) is 1. The number of hydrogen-bond acceptors (Lipinski definition) is 4. The number of rotatable bonds is 4. The van der Waals surface area contributed by atoms with Gasteiger partial charge in [0.1, 0.15) is 5.75 Å². The van der Waals surface area contributed by atoms with Crippen LogP contribution in [0.4, 0.5) is 0 Å². The van der Waals surface area contributed by atoms with Crippen molar-refractivity contribution < 1.29 is 19.7 Å². The van der Waals surface area contributed by atoms with Gasteiger partial charge in [-0.1, -0.05) is 31.5 Å². The van der Waals surface area contributed by atoms with Crippen molar-refractivity contribution in [3.63, 3.8) is 0 Å². The van der Waals surface area contributed by atoms with Crippen molar-refractivity contribution in [3.05, 3.63) is 51.7 Å². The first kappa shape index (κ1) is 17.6. The average molecular weight is 372 g/mol. The Morgan fingerprint density at radius 3 is 2.88 bits per heavy atom. The summed E-state index contributed by atoms with van der Waals surface area (Å²) in [6.07, 6.45) is 2.02. The summed E-state index contributed by atoms with van der Waals surface area (Å²) in [7, 11) is 0. The number of ether oxygens (including phenoxy) is 1. The molecule has 2 N–H and O–H groups in total. The summed E-state index contributed by atoms with van der Waals surface area (Å²) in [6.45, 7) is 2.61. The van der Waals surface area contributed by atoms with Gasteiger partial charge in [0, 0.05) is 16.4 Å². The van der Waals surface area contributed by atoms with Gasteiger partial charge in [0.05, 0.1) is 18.6 Å². The fourth-order valence-corrected chi connectivity index (χ4v) is 5.35. The number of aliphatic hydroxyl groups excluding tert-OH is 1. The minimum absolute atomic E-state index is 0.0187. The van der Waals surface area contributed by atoms with Gasteiger partial charge < -0.3 is 14.9 Å². The molecule has 5 heteroatoms. The van der Waals surface area contributed by atoms with Crippen LogP contribution in [0.1, 0.15) is 60.1 Å². The van der Waals surface area contributed by atoms with Crippen LogP contribution in [0.25, 0.3) is 0 Å². The number of fused-ring (bicyclic) bond motifs is 1. The zero-order valence-corrected chi connectivity index (χ0v) is 15.6. The number of benzene rings is 1. The summed E-state index contributed by atoms with van der Waals surface area (Å²) in [4.78, 5) is 12.7. The predicted octanol–water partition coefficient (Wildman–Crippen LogP) is 4.56. The Morgan fingerprint density at radius 2 is 2.15 bits per heavy atom. The maximum absolute atomic E-state index is 11.5. The van der Waals surface area contributed by atoms with E-state index in [1.54, 1.807) is 11.3 Å². The molecular formula is C21H24O4S. The van der Waals surface area contributed by atoms with Gasteiger partial charge in [0.2, 0.25) is 0 Å². The molecule has 1 aliphatic heterocycles. The molecule has 2 heterocycles. The Kier molecular flexibility index (Phi) is 4.76. The standard InChI is InChI=1S/C21H24O4S/c1-12(19-6-3-9-26-19)17-11-25-18-10-13(7-8-16(18)20(17)22)14-4-2-5-15(14)21(23)24/h3,6-10,12,14-15,17,20,22H,2,4-5,11H2,1H3,(H,23,24). The van der Waals surface area contributed by atoms with Gasteiger partial charge in [-0.25, -0.2) is 0 Å². The van der Waals surface area contributed by atoms with Gasteiger partial charge in [-0.3, -0.25) is 4.79 Å². The maximum atomic E-state index is 11.5. The highest BCUT2D eigenvalue weighted by atomic mass is 32.1. The summed E-state index contributed by atoms with van der Waals surface area (Å²) in [5, 5.41) is 22.4. The van der Waals surface area contributed by atoms with E-state index >= 15 is 0 Å². The largest absolute Gasteiger partial charge is 0.493 e. The molecule has 5 unspecified atom stereocenters. The molecule has 0 saturated heterocycles. The van der Waals surface area contributed by atoms with Crippen LogP contribution in [-0.2, 0) is 4.79 Å². The van der Waals surface area contributed by atoms with Gasteiger partial charge in [-0.2, -0.15) is 0 Å². The van der Waals surface area contributed by atoms with Crippen LogP contribution in [-0.4, -0.2) is 22.8 Å². The maximum Gasteiger partial charge on any atom is 0.307 e. The number of hydrogen-bond donors (Lipinski definition) is 2. The zero-order valence-electron chi connectivity index (χ0n) is 14.8. The van der Waals surface area contributed by atoms with Crippen molar-refractivity contribution in [1.29, 1.82) is 0 Å². The van der Waals surface area contributed by atoms with Crippen molar-refractivity contribution in [1.82, 2.24) is 0 Å². The lowest BCUT2D eigenvalue weighted by atomic mass is 9.81. The van der Waals surface area contributed by atoms with Crippen LogP contribution in [0.2, 0.25) is 0 Å². The van der Waals surface area contributed by atoms with E-state index in [0.29, 0.717) is 12.4 Å². The predicted molar refractivity (Wildman–Crippen MR) is 101 cm³/mol. The number of aliphatic hydroxyl groups is 1. The van der Waals surface area contributed by atoms with E-state index < -0.39 is 12.1 Å². The van der Waals surface area contributed by atoms with E-state index in [2.05, 4.69) is 18.4 Å². The molecule has 1 saturated carbocycles. The third kappa shape index (κ3) is 3.03. The Balaban J connectivity index is 1.58. The smallest absolute Gasteiger partial charge is 0.307 e. The van der Waals surface area contributed by atoms with Crippen LogP contribution in [0, 0.1) is 11.8 Å². The molecule has 4 rings (SSSR count). The zero-order chi connectivity index (χ0) is 18.3. The Labute approximate surface area is 157 Å². The van der Waals surface area contributed by atoms with E-state index in [-0.39, 0.29) is 23.7 Å². The molecule has 0 spiro atoms. The summed E-state index contributed by atoms with van der Waals surface area (Å²) < 4.78 is 6.02. The van der Waals surface area contributed by atoms with E-state index in [0.717, 1.165) is 30.4 Å². The molecular weight excluding hydrogens is 348 g/mol. The summed E-state index contributed by atoms with van der Waals surface area (Å²) in [6, 6.07) is 10.0. The number of carboxylic acids is 1. The van der Waals surface area contributed by atoms with Crippen molar-refractivity contribution in [3.8, 4) is 5.75 Å².